The summed E-state index contributed by atoms with van der Waals surface area (Å²) in [5, 5.41) is 6.21. The molecule has 2 aromatic rings. The number of hydrogen-bond acceptors (Lipinski definition) is 3. The van der Waals surface area contributed by atoms with Crippen LogP contribution < -0.4 is 10.6 Å². The van der Waals surface area contributed by atoms with Crippen LogP contribution in [0.2, 0.25) is 0 Å². The monoisotopic (exact) mass is 256 g/mol. The first-order valence-corrected chi connectivity index (χ1v) is 6.47. The first-order valence-electron chi connectivity index (χ1n) is 6.47. The van der Waals surface area contributed by atoms with Crippen molar-refractivity contribution in [3.05, 3.63) is 54.0 Å². The van der Waals surface area contributed by atoms with Crippen molar-refractivity contribution in [1.82, 2.24) is 5.32 Å². The van der Waals surface area contributed by atoms with Crippen LogP contribution in [-0.2, 0) is 17.8 Å². The average Bonchev–Trinajstić information content (AvgIpc) is 2.88. The Labute approximate surface area is 111 Å². The van der Waals surface area contributed by atoms with E-state index in [1.165, 1.54) is 5.56 Å². The van der Waals surface area contributed by atoms with Crippen molar-refractivity contribution in [3.63, 3.8) is 0 Å². The van der Waals surface area contributed by atoms with Gasteiger partial charge in [0.05, 0.1) is 18.8 Å². The summed E-state index contributed by atoms with van der Waals surface area (Å²) in [5.41, 5.74) is 2.12. The van der Waals surface area contributed by atoms with E-state index in [9.17, 15) is 4.79 Å². The number of nitrogens with one attached hydrogen (secondary N) is 2. The van der Waals surface area contributed by atoms with Crippen LogP contribution in [0.3, 0.4) is 0 Å². The second-order valence-electron chi connectivity index (χ2n) is 4.70. The van der Waals surface area contributed by atoms with Crippen molar-refractivity contribution < 1.29 is 9.21 Å². The first-order chi connectivity index (χ1) is 9.33. The molecule has 1 aromatic heterocycles. The molecule has 0 fully saturated rings. The number of aryl methyl sites for hydroxylation is 1. The molecule has 19 heavy (non-hydrogen) atoms. The Kier molecular flexibility index (Phi) is 3.33. The molecule has 0 aliphatic carbocycles. The molecule has 4 heteroatoms. The van der Waals surface area contributed by atoms with Gasteiger partial charge in [0, 0.05) is 5.69 Å². The minimum absolute atomic E-state index is 0.0245. The third kappa shape index (κ3) is 2.69. The van der Waals surface area contributed by atoms with Crippen LogP contribution in [0.5, 0.6) is 0 Å². The van der Waals surface area contributed by atoms with E-state index in [1.54, 1.807) is 6.26 Å². The third-order valence-corrected chi connectivity index (χ3v) is 3.40. The minimum Gasteiger partial charge on any atom is -0.468 e. The molecule has 3 rings (SSSR count). The number of para-hydroxylation sites is 1. The lowest BCUT2D eigenvalue weighted by molar-refractivity contribution is -0.118. The molecule has 1 aliphatic heterocycles. The molecular formula is C15H16N2O2. The van der Waals surface area contributed by atoms with Gasteiger partial charge in [0.25, 0.3) is 0 Å². The van der Waals surface area contributed by atoms with E-state index >= 15 is 0 Å². The van der Waals surface area contributed by atoms with Crippen LogP contribution in [0.4, 0.5) is 5.69 Å². The van der Waals surface area contributed by atoms with Gasteiger partial charge in [-0.3, -0.25) is 10.1 Å². The molecule has 0 saturated carbocycles. The fraction of sp³-hybridized carbons (Fsp3) is 0.267. The molecule has 0 bridgehead atoms. The topological polar surface area (TPSA) is 54.3 Å². The highest BCUT2D eigenvalue weighted by molar-refractivity contribution is 5.96. The van der Waals surface area contributed by atoms with Gasteiger partial charge in [-0.05, 0) is 36.6 Å². The SMILES string of the molecule is O=C1Nc2ccccc2CCC1NCc1ccco1. The van der Waals surface area contributed by atoms with Crippen molar-refractivity contribution >= 4 is 11.6 Å². The molecule has 0 spiro atoms. The van der Waals surface area contributed by atoms with Crippen LogP contribution in [0.1, 0.15) is 17.7 Å². The standard InChI is InChI=1S/C15H16N2O2/c18-15-14(16-10-12-5-3-9-19-12)8-7-11-4-1-2-6-13(11)17-15/h1-6,9,14,16H,7-8,10H2,(H,17,18). The zero-order valence-electron chi connectivity index (χ0n) is 10.6. The van der Waals surface area contributed by atoms with Crippen LogP contribution >= 0.6 is 0 Å². The maximum Gasteiger partial charge on any atom is 0.241 e. The fourth-order valence-electron chi connectivity index (χ4n) is 2.34. The van der Waals surface area contributed by atoms with Crippen molar-refractivity contribution in [2.75, 3.05) is 5.32 Å². The number of benzene rings is 1. The van der Waals surface area contributed by atoms with Crippen LogP contribution in [0.15, 0.2) is 47.1 Å². The summed E-state index contributed by atoms with van der Waals surface area (Å²) >= 11 is 0. The molecule has 1 amide bonds. The van der Waals surface area contributed by atoms with Gasteiger partial charge in [-0.25, -0.2) is 0 Å². The van der Waals surface area contributed by atoms with Crippen molar-refractivity contribution in [2.45, 2.75) is 25.4 Å². The largest absolute Gasteiger partial charge is 0.468 e. The summed E-state index contributed by atoms with van der Waals surface area (Å²) in [6, 6.07) is 11.5. The molecule has 2 N–H and O–H groups in total. The second kappa shape index (κ2) is 5.28. The Bertz CT molecular complexity index is 561. The van der Waals surface area contributed by atoms with E-state index in [2.05, 4.69) is 16.7 Å². The zero-order chi connectivity index (χ0) is 13.1. The molecule has 0 radical (unpaired) electrons. The van der Waals surface area contributed by atoms with Gasteiger partial charge in [-0.1, -0.05) is 18.2 Å². The minimum atomic E-state index is -0.183. The summed E-state index contributed by atoms with van der Waals surface area (Å²) in [7, 11) is 0. The lowest BCUT2D eigenvalue weighted by Crippen LogP contribution is -2.39. The Hall–Kier alpha value is -2.07. The average molecular weight is 256 g/mol. The molecule has 1 aliphatic rings. The van der Waals surface area contributed by atoms with Gasteiger partial charge in [0.15, 0.2) is 0 Å². The predicted octanol–water partition coefficient (Wildman–Crippen LogP) is 2.32. The maximum absolute atomic E-state index is 12.1. The normalized spacial score (nSPS) is 18.5. The summed E-state index contributed by atoms with van der Waals surface area (Å²) in [6.07, 6.45) is 3.33. The van der Waals surface area contributed by atoms with E-state index in [-0.39, 0.29) is 11.9 Å². The molecule has 1 atom stereocenters. The number of hydrogen-bond donors (Lipinski definition) is 2. The highest BCUT2D eigenvalue weighted by Crippen LogP contribution is 2.21. The number of anilines is 1. The van der Waals surface area contributed by atoms with Gasteiger partial charge in [0.1, 0.15) is 5.76 Å². The number of rotatable bonds is 3. The van der Waals surface area contributed by atoms with Crippen LogP contribution in [0, 0.1) is 0 Å². The Balaban J connectivity index is 1.67. The highest BCUT2D eigenvalue weighted by Gasteiger charge is 2.22. The molecule has 0 saturated heterocycles. The van der Waals surface area contributed by atoms with Gasteiger partial charge in [-0.15, -0.1) is 0 Å². The van der Waals surface area contributed by atoms with Crippen molar-refractivity contribution in [2.24, 2.45) is 0 Å². The van der Waals surface area contributed by atoms with Gasteiger partial charge in [0.2, 0.25) is 5.91 Å². The molecule has 2 heterocycles. The van der Waals surface area contributed by atoms with Crippen LogP contribution in [0.25, 0.3) is 0 Å². The zero-order valence-corrected chi connectivity index (χ0v) is 10.6. The number of carbonyl (C=O) groups is 1. The lowest BCUT2D eigenvalue weighted by Gasteiger charge is -2.14. The van der Waals surface area contributed by atoms with E-state index < -0.39 is 0 Å². The fourth-order valence-corrected chi connectivity index (χ4v) is 2.34. The van der Waals surface area contributed by atoms with Crippen molar-refractivity contribution in [1.29, 1.82) is 0 Å². The van der Waals surface area contributed by atoms with E-state index in [4.69, 9.17) is 4.42 Å². The van der Waals surface area contributed by atoms with E-state index in [0.717, 1.165) is 24.3 Å². The maximum atomic E-state index is 12.1. The third-order valence-electron chi connectivity index (χ3n) is 3.40. The van der Waals surface area contributed by atoms with Gasteiger partial charge in [-0.2, -0.15) is 0 Å². The Morgan fingerprint density at radius 1 is 1.26 bits per heavy atom. The summed E-state index contributed by atoms with van der Waals surface area (Å²) in [4.78, 5) is 12.1. The quantitative estimate of drug-likeness (QED) is 0.886. The predicted molar refractivity (Wildman–Crippen MR) is 72.7 cm³/mol. The summed E-state index contributed by atoms with van der Waals surface area (Å²) < 4.78 is 5.26. The lowest BCUT2D eigenvalue weighted by atomic mass is 10.1. The molecule has 4 nitrogen and oxygen atoms in total. The number of amides is 1. The summed E-state index contributed by atoms with van der Waals surface area (Å²) in [6.45, 7) is 0.571. The molecule has 1 aromatic carbocycles. The number of fused-ring (bicyclic) bond motifs is 1. The first kappa shape index (κ1) is 12.0. The molecule has 98 valence electrons. The van der Waals surface area contributed by atoms with Crippen LogP contribution in [-0.4, -0.2) is 11.9 Å². The Morgan fingerprint density at radius 3 is 3.00 bits per heavy atom. The number of carbonyl (C=O) groups excluding carboxylic acids is 1. The Morgan fingerprint density at radius 2 is 2.16 bits per heavy atom. The molecule has 1 unspecified atom stereocenters. The van der Waals surface area contributed by atoms with Gasteiger partial charge < -0.3 is 9.73 Å². The smallest absolute Gasteiger partial charge is 0.241 e. The van der Waals surface area contributed by atoms with Gasteiger partial charge >= 0.3 is 0 Å². The molecular weight excluding hydrogens is 240 g/mol. The van der Waals surface area contributed by atoms with E-state index in [1.807, 2.05) is 30.3 Å². The second-order valence-corrected chi connectivity index (χ2v) is 4.70. The number of furan rings is 1. The van der Waals surface area contributed by atoms with E-state index in [0.29, 0.717) is 6.54 Å². The summed E-state index contributed by atoms with van der Waals surface area (Å²) in [5.74, 6) is 0.867. The van der Waals surface area contributed by atoms with Crippen molar-refractivity contribution in [3.8, 4) is 0 Å². The highest BCUT2D eigenvalue weighted by atomic mass is 16.3.